The predicted molar refractivity (Wildman–Crippen MR) is 62.8 cm³/mol. The van der Waals surface area contributed by atoms with Gasteiger partial charge < -0.3 is 10.2 Å². The molecule has 2 bridgehead atoms. The maximum absolute atomic E-state index is 9.24. The second-order valence-corrected chi connectivity index (χ2v) is 6.26. The highest BCUT2D eigenvalue weighted by atomic mass is 16.3. The van der Waals surface area contributed by atoms with Gasteiger partial charge in [0.15, 0.2) is 0 Å². The van der Waals surface area contributed by atoms with Gasteiger partial charge in [0.05, 0.1) is 0 Å². The van der Waals surface area contributed by atoms with Gasteiger partial charge in [0, 0.05) is 13.2 Å². The van der Waals surface area contributed by atoms with Gasteiger partial charge in [-0.05, 0) is 74.0 Å². The van der Waals surface area contributed by atoms with Crippen LogP contribution in [-0.2, 0) is 0 Å². The van der Waals surface area contributed by atoms with Crippen LogP contribution in [0.5, 0.6) is 0 Å². The second kappa shape index (κ2) is 4.30. The monoisotopic (exact) mass is 224 g/mol. The number of hydrogen-bond donors (Lipinski definition) is 2. The third-order valence-electron chi connectivity index (χ3n) is 5.80. The third-order valence-corrected chi connectivity index (χ3v) is 5.80. The van der Waals surface area contributed by atoms with Crippen LogP contribution in [0.3, 0.4) is 0 Å². The van der Waals surface area contributed by atoms with E-state index < -0.39 is 0 Å². The largest absolute Gasteiger partial charge is 0.396 e. The molecule has 3 aliphatic carbocycles. The first kappa shape index (κ1) is 11.0. The molecule has 3 rings (SSSR count). The molecule has 16 heavy (non-hydrogen) atoms. The predicted octanol–water partition coefficient (Wildman–Crippen LogP) is 2.05. The summed E-state index contributed by atoms with van der Waals surface area (Å²) in [5, 5.41) is 18.4. The lowest BCUT2D eigenvalue weighted by molar-refractivity contribution is 0.146. The molecule has 0 aromatic heterocycles. The minimum Gasteiger partial charge on any atom is -0.396 e. The number of fused-ring (bicyclic) bond motifs is 5. The van der Waals surface area contributed by atoms with Gasteiger partial charge in [-0.15, -0.1) is 0 Å². The molecule has 0 aliphatic heterocycles. The number of hydrogen-bond acceptors (Lipinski definition) is 2. The molecule has 2 nitrogen and oxygen atoms in total. The van der Waals surface area contributed by atoms with Crippen LogP contribution in [-0.4, -0.2) is 23.4 Å². The topological polar surface area (TPSA) is 40.5 Å². The lowest BCUT2D eigenvalue weighted by Gasteiger charge is -2.30. The normalized spacial score (nSPS) is 49.9. The van der Waals surface area contributed by atoms with Crippen LogP contribution in [0.2, 0.25) is 0 Å². The summed E-state index contributed by atoms with van der Waals surface area (Å²) >= 11 is 0. The molecule has 3 aliphatic rings. The standard InChI is InChI=1S/C14H24O2/c15-5-3-10-8-13-9-1-2-11(7-9)14(13)12(10)4-6-16/h9-16H,1-8H2. The average molecular weight is 224 g/mol. The summed E-state index contributed by atoms with van der Waals surface area (Å²) in [5.41, 5.74) is 0. The Morgan fingerprint density at radius 3 is 2.38 bits per heavy atom. The maximum atomic E-state index is 9.24. The Balaban J connectivity index is 1.76. The van der Waals surface area contributed by atoms with Gasteiger partial charge in [0.1, 0.15) is 0 Å². The summed E-state index contributed by atoms with van der Waals surface area (Å²) in [6.45, 7) is 0.675. The minimum absolute atomic E-state index is 0.335. The summed E-state index contributed by atoms with van der Waals surface area (Å²) in [4.78, 5) is 0. The molecule has 2 N–H and O–H groups in total. The molecule has 0 radical (unpaired) electrons. The van der Waals surface area contributed by atoms with Crippen LogP contribution in [0.1, 0.15) is 38.5 Å². The zero-order chi connectivity index (χ0) is 11.1. The lowest BCUT2D eigenvalue weighted by atomic mass is 9.76. The fourth-order valence-corrected chi connectivity index (χ4v) is 5.39. The molecule has 3 saturated carbocycles. The van der Waals surface area contributed by atoms with Gasteiger partial charge in [-0.3, -0.25) is 0 Å². The molecule has 0 aromatic rings. The maximum Gasteiger partial charge on any atom is 0.0433 e. The van der Waals surface area contributed by atoms with E-state index in [0.717, 1.165) is 42.4 Å². The van der Waals surface area contributed by atoms with Crippen molar-refractivity contribution in [3.63, 3.8) is 0 Å². The minimum atomic E-state index is 0.335. The van der Waals surface area contributed by atoms with Crippen LogP contribution in [0.25, 0.3) is 0 Å². The van der Waals surface area contributed by atoms with Crippen molar-refractivity contribution < 1.29 is 10.2 Å². The van der Waals surface area contributed by atoms with E-state index in [1.54, 1.807) is 0 Å². The summed E-state index contributed by atoms with van der Waals surface area (Å²) in [6, 6.07) is 0. The van der Waals surface area contributed by atoms with Gasteiger partial charge in [0.2, 0.25) is 0 Å². The van der Waals surface area contributed by atoms with Crippen molar-refractivity contribution in [3.8, 4) is 0 Å². The van der Waals surface area contributed by atoms with Crippen molar-refractivity contribution >= 4 is 0 Å². The zero-order valence-corrected chi connectivity index (χ0v) is 10.0. The number of rotatable bonds is 4. The first-order chi connectivity index (χ1) is 7.85. The highest BCUT2D eigenvalue weighted by Gasteiger charge is 2.55. The Hall–Kier alpha value is -0.0800. The third kappa shape index (κ3) is 1.53. The molecule has 92 valence electrons. The molecular weight excluding hydrogens is 200 g/mol. The van der Waals surface area contributed by atoms with Crippen molar-refractivity contribution in [1.29, 1.82) is 0 Å². The van der Waals surface area contributed by atoms with E-state index in [9.17, 15) is 5.11 Å². The zero-order valence-electron chi connectivity index (χ0n) is 10.0. The molecule has 0 heterocycles. The molecule has 2 heteroatoms. The molecule has 3 fully saturated rings. The summed E-state index contributed by atoms with van der Waals surface area (Å²) in [5.74, 6) is 5.25. The van der Waals surface area contributed by atoms with E-state index in [0.29, 0.717) is 19.1 Å². The molecule has 0 aromatic carbocycles. The molecule has 6 unspecified atom stereocenters. The Bertz CT molecular complexity index is 253. The van der Waals surface area contributed by atoms with Crippen molar-refractivity contribution in [2.24, 2.45) is 35.5 Å². The molecule has 6 atom stereocenters. The summed E-state index contributed by atoms with van der Waals surface area (Å²) in [6.07, 6.45) is 7.68. The number of aliphatic hydroxyl groups is 2. The Morgan fingerprint density at radius 2 is 1.62 bits per heavy atom. The molecule has 0 amide bonds. The van der Waals surface area contributed by atoms with Crippen LogP contribution in [0.4, 0.5) is 0 Å². The van der Waals surface area contributed by atoms with Crippen LogP contribution in [0, 0.1) is 35.5 Å². The fourth-order valence-electron chi connectivity index (χ4n) is 5.39. The highest BCUT2D eigenvalue weighted by Crippen LogP contribution is 2.63. The van der Waals surface area contributed by atoms with Crippen LogP contribution >= 0.6 is 0 Å². The average Bonchev–Trinajstić information content (AvgIpc) is 2.92. The second-order valence-electron chi connectivity index (χ2n) is 6.26. The van der Waals surface area contributed by atoms with E-state index in [1.807, 2.05) is 0 Å². The Morgan fingerprint density at radius 1 is 0.875 bits per heavy atom. The number of aliphatic hydroxyl groups excluding tert-OH is 2. The quantitative estimate of drug-likeness (QED) is 0.767. The molecule has 0 saturated heterocycles. The summed E-state index contributed by atoms with van der Waals surface area (Å²) < 4.78 is 0. The van der Waals surface area contributed by atoms with E-state index in [-0.39, 0.29) is 0 Å². The van der Waals surface area contributed by atoms with E-state index >= 15 is 0 Å². The first-order valence-corrected chi connectivity index (χ1v) is 7.07. The van der Waals surface area contributed by atoms with Crippen LogP contribution in [0.15, 0.2) is 0 Å². The Labute approximate surface area is 98.1 Å². The van der Waals surface area contributed by atoms with Gasteiger partial charge in [-0.25, -0.2) is 0 Å². The van der Waals surface area contributed by atoms with Crippen molar-refractivity contribution in [3.05, 3.63) is 0 Å². The fraction of sp³-hybridized carbons (Fsp3) is 1.00. The van der Waals surface area contributed by atoms with Gasteiger partial charge in [0.25, 0.3) is 0 Å². The van der Waals surface area contributed by atoms with Gasteiger partial charge in [-0.2, -0.15) is 0 Å². The highest BCUT2D eigenvalue weighted by molar-refractivity contribution is 5.04. The van der Waals surface area contributed by atoms with Crippen molar-refractivity contribution in [2.75, 3.05) is 13.2 Å². The first-order valence-electron chi connectivity index (χ1n) is 7.07. The molecular formula is C14H24O2. The van der Waals surface area contributed by atoms with Gasteiger partial charge >= 0.3 is 0 Å². The lowest BCUT2D eigenvalue weighted by Crippen LogP contribution is -2.24. The van der Waals surface area contributed by atoms with Crippen molar-refractivity contribution in [1.82, 2.24) is 0 Å². The van der Waals surface area contributed by atoms with E-state index in [1.165, 1.54) is 25.7 Å². The van der Waals surface area contributed by atoms with Crippen molar-refractivity contribution in [2.45, 2.75) is 38.5 Å². The summed E-state index contributed by atoms with van der Waals surface area (Å²) in [7, 11) is 0. The molecule has 0 spiro atoms. The van der Waals surface area contributed by atoms with E-state index in [2.05, 4.69) is 0 Å². The van der Waals surface area contributed by atoms with Crippen LogP contribution < -0.4 is 0 Å². The Kier molecular flexibility index (Phi) is 2.97. The van der Waals surface area contributed by atoms with Gasteiger partial charge in [-0.1, -0.05) is 0 Å². The smallest absolute Gasteiger partial charge is 0.0433 e. The SMILES string of the molecule is OCCC1CC2C3CCC(C3)C2C1CCO. The van der Waals surface area contributed by atoms with E-state index in [4.69, 9.17) is 5.11 Å².